The molecule has 4 heteroatoms. The first kappa shape index (κ1) is 11.6. The first-order valence-corrected chi connectivity index (χ1v) is 4.54. The monoisotopic (exact) mass is 224 g/mol. The molecule has 0 saturated carbocycles. The first-order chi connectivity index (χ1) is 7.13. The fraction of sp³-hybridized carbons (Fsp3) is 0.182. The molecule has 78 valence electrons. The van der Waals surface area contributed by atoms with Crippen molar-refractivity contribution in [3.63, 3.8) is 0 Å². The minimum Gasteiger partial charge on any atom is -0.459 e. The van der Waals surface area contributed by atoms with E-state index in [0.717, 1.165) is 0 Å². The van der Waals surface area contributed by atoms with Crippen LogP contribution in [-0.4, -0.2) is 18.2 Å². The molecule has 1 N–H and O–H groups in total. The highest BCUT2D eigenvalue weighted by molar-refractivity contribution is 6.30. The molecule has 0 radical (unpaired) electrons. The maximum Gasteiger partial charge on any atom is 0.384 e. The van der Waals surface area contributed by atoms with E-state index in [-0.39, 0.29) is 0 Å². The van der Waals surface area contributed by atoms with Crippen LogP contribution < -0.4 is 0 Å². The van der Waals surface area contributed by atoms with Crippen LogP contribution in [0.4, 0.5) is 0 Å². The highest BCUT2D eigenvalue weighted by atomic mass is 35.5. The van der Waals surface area contributed by atoms with Gasteiger partial charge in [0.2, 0.25) is 0 Å². The minimum atomic E-state index is -1.04. The van der Waals surface area contributed by atoms with Gasteiger partial charge < -0.3 is 9.84 Å². The quantitative estimate of drug-likeness (QED) is 0.447. The van der Waals surface area contributed by atoms with Gasteiger partial charge in [-0.25, -0.2) is 4.79 Å². The number of esters is 1. The summed E-state index contributed by atoms with van der Waals surface area (Å²) in [6.45, 7) is 0. The van der Waals surface area contributed by atoms with Gasteiger partial charge in [-0.1, -0.05) is 29.7 Å². The van der Waals surface area contributed by atoms with Gasteiger partial charge in [0.25, 0.3) is 0 Å². The van der Waals surface area contributed by atoms with Crippen LogP contribution in [-0.2, 0) is 9.53 Å². The molecule has 0 amide bonds. The Morgan fingerprint density at radius 1 is 1.60 bits per heavy atom. The van der Waals surface area contributed by atoms with Gasteiger partial charge in [-0.05, 0) is 17.7 Å². The van der Waals surface area contributed by atoms with E-state index in [0.29, 0.717) is 10.6 Å². The molecule has 1 atom stereocenters. The second-order valence-corrected chi connectivity index (χ2v) is 3.15. The summed E-state index contributed by atoms with van der Waals surface area (Å²) in [5, 5.41) is 10.1. The van der Waals surface area contributed by atoms with Gasteiger partial charge in [0.05, 0.1) is 7.11 Å². The van der Waals surface area contributed by atoms with Crippen LogP contribution in [0.5, 0.6) is 0 Å². The predicted molar refractivity (Wildman–Crippen MR) is 56.2 cm³/mol. The van der Waals surface area contributed by atoms with E-state index in [2.05, 4.69) is 16.6 Å². The van der Waals surface area contributed by atoms with Crippen LogP contribution in [0.2, 0.25) is 5.02 Å². The third-order valence-corrected chi connectivity index (χ3v) is 1.90. The number of hydrogen-bond donors (Lipinski definition) is 1. The molecule has 0 aromatic heterocycles. The molecular formula is C11H9ClO3. The lowest BCUT2D eigenvalue weighted by atomic mass is 10.1. The lowest BCUT2D eigenvalue weighted by molar-refractivity contribution is -0.133. The molecule has 0 fully saturated rings. The maximum absolute atomic E-state index is 10.7. The summed E-state index contributed by atoms with van der Waals surface area (Å²) in [5.41, 5.74) is 0.541. The average molecular weight is 225 g/mol. The third kappa shape index (κ3) is 3.62. The average Bonchev–Trinajstić information content (AvgIpc) is 2.25. The SMILES string of the molecule is COC(=O)C#C[C@@H](O)c1cccc(Cl)c1. The predicted octanol–water partition coefficient (Wildman–Crippen LogP) is 1.55. The largest absolute Gasteiger partial charge is 0.459 e. The number of rotatable bonds is 1. The van der Waals surface area contributed by atoms with Crippen LogP contribution >= 0.6 is 11.6 Å². The Morgan fingerprint density at radius 2 is 2.33 bits per heavy atom. The summed E-state index contributed by atoms with van der Waals surface area (Å²) >= 11 is 5.73. The number of ether oxygens (including phenoxy) is 1. The fourth-order valence-electron chi connectivity index (χ4n) is 0.938. The number of carbonyl (C=O) groups excluding carboxylic acids is 1. The number of aliphatic hydroxyl groups excluding tert-OH is 1. The van der Waals surface area contributed by atoms with Crippen molar-refractivity contribution in [3.05, 3.63) is 34.9 Å². The fourth-order valence-corrected chi connectivity index (χ4v) is 1.14. The highest BCUT2D eigenvalue weighted by Gasteiger charge is 2.04. The van der Waals surface area contributed by atoms with E-state index in [9.17, 15) is 9.90 Å². The van der Waals surface area contributed by atoms with Crippen molar-refractivity contribution in [2.75, 3.05) is 7.11 Å². The van der Waals surface area contributed by atoms with E-state index < -0.39 is 12.1 Å². The number of halogens is 1. The standard InChI is InChI=1S/C11H9ClO3/c1-15-11(14)6-5-10(13)8-3-2-4-9(12)7-8/h2-4,7,10,13H,1H3/t10-/m1/s1. The van der Waals surface area contributed by atoms with Crippen LogP contribution in [0.3, 0.4) is 0 Å². The van der Waals surface area contributed by atoms with Crippen molar-refractivity contribution in [1.82, 2.24) is 0 Å². The molecule has 0 spiro atoms. The molecule has 0 unspecified atom stereocenters. The van der Waals surface area contributed by atoms with Crippen molar-refractivity contribution in [2.24, 2.45) is 0 Å². The lowest BCUT2D eigenvalue weighted by Crippen LogP contribution is -1.98. The highest BCUT2D eigenvalue weighted by Crippen LogP contribution is 2.16. The van der Waals surface area contributed by atoms with Gasteiger partial charge in [-0.2, -0.15) is 0 Å². The molecule has 15 heavy (non-hydrogen) atoms. The summed E-state index contributed by atoms with van der Waals surface area (Å²) in [4.78, 5) is 10.7. The minimum absolute atomic E-state index is 0.506. The topological polar surface area (TPSA) is 46.5 Å². The summed E-state index contributed by atoms with van der Waals surface area (Å²) in [5.74, 6) is 3.81. The Morgan fingerprint density at radius 3 is 2.93 bits per heavy atom. The van der Waals surface area contributed by atoms with Gasteiger partial charge in [0, 0.05) is 10.9 Å². The number of aliphatic hydroxyl groups is 1. The number of carbonyl (C=O) groups is 1. The van der Waals surface area contributed by atoms with Crippen LogP contribution in [0.25, 0.3) is 0 Å². The normalized spacial score (nSPS) is 11.1. The summed E-state index contributed by atoms with van der Waals surface area (Å²) < 4.78 is 4.31. The molecule has 0 aliphatic heterocycles. The number of benzene rings is 1. The molecule has 1 rings (SSSR count). The van der Waals surface area contributed by atoms with Gasteiger partial charge in [-0.3, -0.25) is 0 Å². The Labute approximate surface area is 92.6 Å². The summed E-state index contributed by atoms with van der Waals surface area (Å²) in [6.07, 6.45) is -1.04. The first-order valence-electron chi connectivity index (χ1n) is 4.16. The van der Waals surface area contributed by atoms with E-state index in [4.69, 9.17) is 11.6 Å². The van der Waals surface area contributed by atoms with Gasteiger partial charge in [0.15, 0.2) is 0 Å². The summed E-state index contributed by atoms with van der Waals surface area (Å²) in [7, 11) is 1.22. The molecule has 1 aromatic carbocycles. The Hall–Kier alpha value is -1.50. The zero-order valence-electron chi connectivity index (χ0n) is 8.03. The molecule has 0 heterocycles. The summed E-state index contributed by atoms with van der Waals surface area (Å²) in [6, 6.07) is 6.63. The second-order valence-electron chi connectivity index (χ2n) is 2.72. The number of hydrogen-bond acceptors (Lipinski definition) is 3. The van der Waals surface area contributed by atoms with Crippen molar-refractivity contribution in [1.29, 1.82) is 0 Å². The van der Waals surface area contributed by atoms with Crippen molar-refractivity contribution in [3.8, 4) is 11.8 Å². The number of methoxy groups -OCH3 is 1. The zero-order valence-corrected chi connectivity index (χ0v) is 8.78. The van der Waals surface area contributed by atoms with Gasteiger partial charge in [-0.15, -0.1) is 0 Å². The molecule has 0 bridgehead atoms. The molecule has 0 aliphatic rings. The van der Waals surface area contributed by atoms with Crippen molar-refractivity contribution < 1.29 is 14.6 Å². The maximum atomic E-state index is 10.7. The zero-order chi connectivity index (χ0) is 11.3. The van der Waals surface area contributed by atoms with Crippen molar-refractivity contribution >= 4 is 17.6 Å². The van der Waals surface area contributed by atoms with Crippen molar-refractivity contribution in [2.45, 2.75) is 6.10 Å². The molecule has 0 aliphatic carbocycles. The van der Waals surface area contributed by atoms with Crippen LogP contribution in [0.15, 0.2) is 24.3 Å². The van der Waals surface area contributed by atoms with Crippen LogP contribution in [0.1, 0.15) is 11.7 Å². The Bertz CT molecular complexity index is 417. The van der Waals surface area contributed by atoms with E-state index in [1.807, 2.05) is 0 Å². The van der Waals surface area contributed by atoms with E-state index >= 15 is 0 Å². The molecule has 0 saturated heterocycles. The Balaban J connectivity index is 2.80. The Kier molecular flexibility index (Phi) is 4.17. The van der Waals surface area contributed by atoms with Crippen LogP contribution in [0, 0.1) is 11.8 Å². The van der Waals surface area contributed by atoms with Gasteiger partial charge >= 0.3 is 5.97 Å². The lowest BCUT2D eigenvalue weighted by Gasteiger charge is -2.02. The molecule has 1 aromatic rings. The van der Waals surface area contributed by atoms with Gasteiger partial charge in [0.1, 0.15) is 6.10 Å². The molecule has 3 nitrogen and oxygen atoms in total. The van der Waals surface area contributed by atoms with E-state index in [1.54, 1.807) is 24.3 Å². The third-order valence-electron chi connectivity index (χ3n) is 1.66. The second kappa shape index (κ2) is 5.40. The molecular weight excluding hydrogens is 216 g/mol. The van der Waals surface area contributed by atoms with E-state index in [1.165, 1.54) is 7.11 Å². The smallest absolute Gasteiger partial charge is 0.384 e.